The molecule has 6 aromatic rings. The van der Waals surface area contributed by atoms with Gasteiger partial charge >= 0.3 is 0 Å². The molecule has 0 radical (unpaired) electrons. The molecule has 0 fully saturated rings. The van der Waals surface area contributed by atoms with Crippen molar-refractivity contribution >= 4 is 5.78 Å². The number of carbonyl (C=O) groups is 1. The number of aliphatic hydroxyl groups is 1. The molecule has 0 spiro atoms. The minimum Gasteiger partial charge on any atom is -0.384 e. The number of hydrogen-bond donors (Lipinski definition) is 1. The van der Waals surface area contributed by atoms with Gasteiger partial charge in [-0.3, -0.25) is 4.79 Å². The number of carbonyl (C=O) groups excluding carboxylic acids is 1. The summed E-state index contributed by atoms with van der Waals surface area (Å²) in [5.41, 5.74) is 4.27. The van der Waals surface area contributed by atoms with Gasteiger partial charge in [0.25, 0.3) is 11.8 Å². The van der Waals surface area contributed by atoms with E-state index in [9.17, 15) is 18.7 Å². The zero-order chi connectivity index (χ0) is 32.5. The first kappa shape index (κ1) is 31.2. The van der Waals surface area contributed by atoms with Crippen LogP contribution in [0.15, 0.2) is 106 Å². The summed E-state index contributed by atoms with van der Waals surface area (Å²) in [6, 6.07) is 26.7. The molecule has 8 nitrogen and oxygen atoms in total. The van der Waals surface area contributed by atoms with E-state index in [2.05, 4.69) is 44.0 Å². The topological polar surface area (TPSA) is 115 Å². The molecule has 0 amide bonds. The molecule has 46 heavy (non-hydrogen) atoms. The third-order valence-corrected chi connectivity index (χ3v) is 6.16. The van der Waals surface area contributed by atoms with Crippen LogP contribution in [0.25, 0.3) is 22.8 Å². The third kappa shape index (κ3) is 8.44. The van der Waals surface area contributed by atoms with Crippen LogP contribution in [0.4, 0.5) is 8.78 Å². The van der Waals surface area contributed by atoms with E-state index in [0.29, 0.717) is 22.8 Å². The second kappa shape index (κ2) is 14.5. The number of Topliss-reactive ketones (excluding diaryl/α,β-unsaturated/α-hetero) is 1. The molecule has 0 aliphatic heterocycles. The summed E-state index contributed by atoms with van der Waals surface area (Å²) in [7, 11) is 0. The highest BCUT2D eigenvalue weighted by Gasteiger charge is 2.13. The third-order valence-electron chi connectivity index (χ3n) is 6.16. The van der Waals surface area contributed by atoms with Crippen molar-refractivity contribution in [1.82, 2.24) is 20.3 Å². The molecule has 0 saturated carbocycles. The van der Waals surface area contributed by atoms with Crippen LogP contribution in [-0.2, 0) is 0 Å². The predicted octanol–water partition coefficient (Wildman–Crippen LogP) is 6.81. The summed E-state index contributed by atoms with van der Waals surface area (Å²) in [6.07, 6.45) is -0.798. The van der Waals surface area contributed by atoms with E-state index in [4.69, 9.17) is 9.05 Å². The van der Waals surface area contributed by atoms with Crippen molar-refractivity contribution in [2.24, 2.45) is 0 Å². The number of rotatable bonds is 4. The molecular weight excluding hydrogens is 590 g/mol. The van der Waals surface area contributed by atoms with Gasteiger partial charge in [0.2, 0.25) is 17.4 Å². The zero-order valence-corrected chi connectivity index (χ0v) is 24.5. The predicted molar refractivity (Wildman–Crippen MR) is 165 cm³/mol. The van der Waals surface area contributed by atoms with Crippen LogP contribution < -0.4 is 0 Å². The van der Waals surface area contributed by atoms with Gasteiger partial charge in [0.05, 0.1) is 0 Å². The van der Waals surface area contributed by atoms with Gasteiger partial charge < -0.3 is 14.2 Å². The first-order valence-electron chi connectivity index (χ1n) is 13.9. The number of aliphatic hydroxyl groups excluding tert-OH is 1. The zero-order valence-electron chi connectivity index (χ0n) is 24.5. The minimum absolute atomic E-state index is 0.0185. The molecule has 226 valence electrons. The number of nitrogens with zero attached hydrogens (tertiary/aromatic N) is 4. The minimum atomic E-state index is -0.798. The van der Waals surface area contributed by atoms with Crippen molar-refractivity contribution in [1.29, 1.82) is 0 Å². The van der Waals surface area contributed by atoms with Crippen LogP contribution in [0.2, 0.25) is 0 Å². The Hall–Kier alpha value is -6.23. The van der Waals surface area contributed by atoms with Crippen molar-refractivity contribution in [2.45, 2.75) is 20.0 Å². The van der Waals surface area contributed by atoms with Gasteiger partial charge in [-0.1, -0.05) is 46.1 Å². The fourth-order valence-corrected chi connectivity index (χ4v) is 3.83. The molecule has 10 heteroatoms. The highest BCUT2D eigenvalue weighted by Crippen LogP contribution is 2.19. The number of halogens is 2. The Kier molecular flexibility index (Phi) is 9.83. The Morgan fingerprint density at radius 3 is 1.54 bits per heavy atom. The van der Waals surface area contributed by atoms with Gasteiger partial charge in [-0.15, -0.1) is 0 Å². The molecule has 0 aliphatic rings. The van der Waals surface area contributed by atoms with Gasteiger partial charge in [0, 0.05) is 40.3 Å². The van der Waals surface area contributed by atoms with Crippen molar-refractivity contribution < 1.29 is 27.7 Å². The summed E-state index contributed by atoms with van der Waals surface area (Å²) in [6.45, 7) is 2.92. The molecule has 0 bridgehead atoms. The molecular formula is C36H24F2N4O4. The second-order valence-corrected chi connectivity index (χ2v) is 9.79. The summed E-state index contributed by atoms with van der Waals surface area (Å²) in [5.74, 6) is 11.7. The lowest BCUT2D eigenvalue weighted by Crippen LogP contribution is -1.91. The molecule has 2 heterocycles. The van der Waals surface area contributed by atoms with Crippen LogP contribution >= 0.6 is 0 Å². The fourth-order valence-electron chi connectivity index (χ4n) is 3.83. The van der Waals surface area contributed by atoms with Gasteiger partial charge in [-0.2, -0.15) is 9.97 Å². The summed E-state index contributed by atoms with van der Waals surface area (Å²) < 4.78 is 36.0. The molecule has 0 aliphatic carbocycles. The molecule has 0 saturated heterocycles. The first-order valence-corrected chi connectivity index (χ1v) is 13.9. The monoisotopic (exact) mass is 614 g/mol. The number of hydrogen-bond acceptors (Lipinski definition) is 8. The Morgan fingerprint density at radius 1 is 0.674 bits per heavy atom. The van der Waals surface area contributed by atoms with Crippen molar-refractivity contribution in [3.8, 4) is 46.5 Å². The van der Waals surface area contributed by atoms with Gasteiger partial charge in [0.15, 0.2) is 0 Å². The summed E-state index contributed by atoms with van der Waals surface area (Å²) in [5, 5.41) is 17.0. The molecule has 6 rings (SSSR count). The van der Waals surface area contributed by atoms with Gasteiger partial charge in [-0.25, -0.2) is 8.78 Å². The van der Waals surface area contributed by atoms with Crippen LogP contribution in [-0.4, -0.2) is 31.2 Å². The Labute approximate surface area is 262 Å². The van der Waals surface area contributed by atoms with Crippen LogP contribution in [0.3, 0.4) is 0 Å². The number of aromatic nitrogens is 4. The van der Waals surface area contributed by atoms with E-state index < -0.39 is 6.10 Å². The van der Waals surface area contributed by atoms with Crippen molar-refractivity contribution in [3.05, 3.63) is 143 Å². The fraction of sp³-hybridized carbons (Fsp3) is 0.0833. The standard InChI is InChI=1S/C18H13FN2O2.C18H11FN2O2/c2*1-12(22)18-20-17(21-23-18)15-9-7-13(8-10-15)5-6-14-3-2-4-16(19)11-14/h2-4,7-12,22H,1H3;2-4,7-11H,1H3. The van der Waals surface area contributed by atoms with E-state index in [-0.39, 0.29) is 29.2 Å². The molecule has 4 aromatic carbocycles. The maximum atomic E-state index is 13.1. The van der Waals surface area contributed by atoms with E-state index >= 15 is 0 Å². The Morgan fingerprint density at radius 2 is 1.13 bits per heavy atom. The summed E-state index contributed by atoms with van der Waals surface area (Å²) in [4.78, 5) is 19.3. The largest absolute Gasteiger partial charge is 0.384 e. The van der Waals surface area contributed by atoms with Gasteiger partial charge in [-0.05, 0) is 91.9 Å². The molecule has 1 N–H and O–H groups in total. The van der Waals surface area contributed by atoms with E-state index in [1.165, 1.54) is 31.2 Å². The summed E-state index contributed by atoms with van der Waals surface area (Å²) >= 11 is 0. The maximum Gasteiger partial charge on any atom is 0.294 e. The lowest BCUT2D eigenvalue weighted by atomic mass is 10.1. The Balaban J connectivity index is 0.000000181. The average Bonchev–Trinajstić information content (AvgIpc) is 3.76. The van der Waals surface area contributed by atoms with Gasteiger partial charge in [0.1, 0.15) is 17.7 Å². The Bertz CT molecular complexity index is 2100. The maximum absolute atomic E-state index is 13.1. The van der Waals surface area contributed by atoms with E-state index in [1.807, 2.05) is 24.3 Å². The smallest absolute Gasteiger partial charge is 0.294 e. The highest BCUT2D eigenvalue weighted by atomic mass is 19.1. The highest BCUT2D eigenvalue weighted by molar-refractivity contribution is 5.89. The molecule has 1 atom stereocenters. The lowest BCUT2D eigenvalue weighted by molar-refractivity contribution is 0.0972. The van der Waals surface area contributed by atoms with Crippen LogP contribution in [0, 0.1) is 35.3 Å². The molecule has 1 unspecified atom stereocenters. The number of benzene rings is 4. The quantitative estimate of drug-likeness (QED) is 0.170. The van der Waals surface area contributed by atoms with Crippen molar-refractivity contribution in [3.63, 3.8) is 0 Å². The number of ketones is 1. The SMILES string of the molecule is CC(=O)c1nc(-c2ccc(C#Cc3cccc(F)c3)cc2)no1.CC(O)c1nc(-c2ccc(C#Cc3cccc(F)c3)cc2)no1. The molecule has 2 aromatic heterocycles. The van der Waals surface area contributed by atoms with E-state index in [0.717, 1.165) is 22.3 Å². The first-order chi connectivity index (χ1) is 22.2. The van der Waals surface area contributed by atoms with Crippen LogP contribution in [0.5, 0.6) is 0 Å². The normalized spacial score (nSPS) is 10.8. The lowest BCUT2D eigenvalue weighted by Gasteiger charge is -1.95. The van der Waals surface area contributed by atoms with Crippen molar-refractivity contribution in [2.75, 3.05) is 0 Å². The average molecular weight is 615 g/mol. The van der Waals surface area contributed by atoms with Crippen LogP contribution in [0.1, 0.15) is 58.8 Å². The second-order valence-electron chi connectivity index (χ2n) is 9.79. The van der Waals surface area contributed by atoms with E-state index in [1.54, 1.807) is 55.5 Å².